The number of nitrogens with zero attached hydrogens (tertiary/aromatic N) is 4. The molecule has 0 spiro atoms. The second kappa shape index (κ2) is 7.72. The summed E-state index contributed by atoms with van der Waals surface area (Å²) >= 11 is 0. The molecule has 1 atom stereocenters. The molecule has 2 aromatic carbocycles. The maximum atomic E-state index is 9.79. The van der Waals surface area contributed by atoms with Crippen LogP contribution in [0, 0.1) is 0 Å². The van der Waals surface area contributed by atoms with Gasteiger partial charge in [0.25, 0.3) is 0 Å². The van der Waals surface area contributed by atoms with E-state index in [2.05, 4.69) is 38.7 Å². The molecule has 4 heterocycles. The van der Waals surface area contributed by atoms with Gasteiger partial charge in [-0.05, 0) is 48.9 Å². The predicted molar refractivity (Wildman–Crippen MR) is 125 cm³/mol. The minimum absolute atomic E-state index is 0.237. The first-order chi connectivity index (χ1) is 15.7. The standard InChI is InChI=1S/C24H24N6O2/c31-19-7-10-29(14-19)18-4-2-17(3-5-18)27-23-24-26-8-11-30(24)15-21(28-23)16-1-6-22-20(13-16)25-9-12-32-22/h1-6,8,11,13,15,19,25,31H,7,9-10,12,14H2,(H,27,28)/t19-/m1/s1. The Hall–Kier alpha value is -3.78. The van der Waals surface area contributed by atoms with Crippen molar-refractivity contribution in [3.8, 4) is 17.0 Å². The van der Waals surface area contributed by atoms with Crippen LogP contribution in [-0.4, -0.2) is 51.8 Å². The molecule has 8 nitrogen and oxygen atoms in total. The lowest BCUT2D eigenvalue weighted by atomic mass is 10.1. The van der Waals surface area contributed by atoms with Gasteiger partial charge in [-0.25, -0.2) is 9.97 Å². The minimum Gasteiger partial charge on any atom is -0.490 e. The highest BCUT2D eigenvalue weighted by Gasteiger charge is 2.20. The number of hydrogen-bond donors (Lipinski definition) is 3. The van der Waals surface area contributed by atoms with E-state index in [1.54, 1.807) is 6.20 Å². The first kappa shape index (κ1) is 18.9. The van der Waals surface area contributed by atoms with E-state index in [1.807, 2.05) is 41.1 Å². The summed E-state index contributed by atoms with van der Waals surface area (Å²) in [5.41, 5.74) is 5.64. The molecule has 0 bridgehead atoms. The van der Waals surface area contributed by atoms with Gasteiger partial charge in [0.1, 0.15) is 12.4 Å². The van der Waals surface area contributed by atoms with Crippen LogP contribution in [0.4, 0.5) is 22.9 Å². The molecule has 3 N–H and O–H groups in total. The summed E-state index contributed by atoms with van der Waals surface area (Å²) in [5, 5.41) is 16.6. The average Bonchev–Trinajstić information content (AvgIpc) is 3.48. The molecule has 0 radical (unpaired) electrons. The summed E-state index contributed by atoms with van der Waals surface area (Å²) < 4.78 is 7.68. The third-order valence-electron chi connectivity index (χ3n) is 5.98. The van der Waals surface area contributed by atoms with Crippen LogP contribution in [0.3, 0.4) is 0 Å². The Balaban J connectivity index is 1.31. The fraction of sp³-hybridized carbons (Fsp3) is 0.250. The highest BCUT2D eigenvalue weighted by Crippen LogP contribution is 2.33. The first-order valence-corrected chi connectivity index (χ1v) is 10.9. The van der Waals surface area contributed by atoms with Gasteiger partial charge in [0.2, 0.25) is 0 Å². The fourth-order valence-corrected chi connectivity index (χ4v) is 4.32. The predicted octanol–water partition coefficient (Wildman–Crippen LogP) is 3.52. The number of aliphatic hydroxyl groups excluding tert-OH is 1. The molecule has 0 saturated carbocycles. The van der Waals surface area contributed by atoms with Crippen molar-refractivity contribution in [3.63, 3.8) is 0 Å². The van der Waals surface area contributed by atoms with Crippen molar-refractivity contribution in [1.82, 2.24) is 14.4 Å². The lowest BCUT2D eigenvalue weighted by molar-refractivity contribution is 0.198. The number of nitrogens with one attached hydrogen (secondary N) is 2. The molecule has 1 saturated heterocycles. The topological polar surface area (TPSA) is 87.0 Å². The SMILES string of the molecule is O[C@@H]1CCN(c2ccc(Nc3nc(-c4ccc5c(c4)NCCO5)cn4ccnc34)cc2)C1. The number of β-amino-alcohol motifs (C(OH)–C–C–N with tert-alkyl or cyclic N) is 1. The van der Waals surface area contributed by atoms with Crippen molar-refractivity contribution in [2.45, 2.75) is 12.5 Å². The van der Waals surface area contributed by atoms with Gasteiger partial charge in [0.05, 0.1) is 17.5 Å². The Morgan fingerprint density at radius 3 is 2.91 bits per heavy atom. The third-order valence-corrected chi connectivity index (χ3v) is 5.98. The number of ether oxygens (including phenoxy) is 1. The zero-order valence-electron chi connectivity index (χ0n) is 17.5. The Morgan fingerprint density at radius 2 is 2.06 bits per heavy atom. The summed E-state index contributed by atoms with van der Waals surface area (Å²) in [4.78, 5) is 11.6. The Morgan fingerprint density at radius 1 is 1.16 bits per heavy atom. The van der Waals surface area contributed by atoms with Crippen LogP contribution in [0.15, 0.2) is 61.1 Å². The number of aromatic nitrogens is 3. The highest BCUT2D eigenvalue weighted by molar-refractivity contribution is 5.76. The van der Waals surface area contributed by atoms with Crippen LogP contribution in [0.5, 0.6) is 5.75 Å². The maximum absolute atomic E-state index is 9.79. The molecule has 2 aromatic heterocycles. The molecular weight excluding hydrogens is 404 g/mol. The number of aliphatic hydroxyl groups is 1. The lowest BCUT2D eigenvalue weighted by Crippen LogP contribution is -2.20. The second-order valence-electron chi connectivity index (χ2n) is 8.18. The van der Waals surface area contributed by atoms with E-state index in [4.69, 9.17) is 9.72 Å². The van der Waals surface area contributed by atoms with Crippen molar-refractivity contribution in [1.29, 1.82) is 0 Å². The second-order valence-corrected chi connectivity index (χ2v) is 8.18. The first-order valence-electron chi connectivity index (χ1n) is 10.9. The van der Waals surface area contributed by atoms with Gasteiger partial charge in [-0.3, -0.25) is 0 Å². The van der Waals surface area contributed by atoms with E-state index in [-0.39, 0.29) is 6.10 Å². The molecule has 2 aliphatic heterocycles. The molecule has 2 aliphatic rings. The van der Waals surface area contributed by atoms with Crippen LogP contribution in [0.1, 0.15) is 6.42 Å². The third kappa shape index (κ3) is 3.48. The van der Waals surface area contributed by atoms with Gasteiger partial charge in [0, 0.05) is 55.2 Å². The number of hydrogen-bond acceptors (Lipinski definition) is 7. The van der Waals surface area contributed by atoms with Crippen molar-refractivity contribution in [2.75, 3.05) is 41.8 Å². The van der Waals surface area contributed by atoms with Gasteiger partial charge in [-0.15, -0.1) is 0 Å². The van der Waals surface area contributed by atoms with Crippen molar-refractivity contribution >= 4 is 28.5 Å². The van der Waals surface area contributed by atoms with Gasteiger partial charge < -0.3 is 29.8 Å². The van der Waals surface area contributed by atoms with Gasteiger partial charge in [-0.2, -0.15) is 0 Å². The molecule has 6 rings (SSSR count). The lowest BCUT2D eigenvalue weighted by Gasteiger charge is -2.20. The highest BCUT2D eigenvalue weighted by atomic mass is 16.5. The summed E-state index contributed by atoms with van der Waals surface area (Å²) in [6.07, 6.45) is 6.27. The summed E-state index contributed by atoms with van der Waals surface area (Å²) in [7, 11) is 0. The van der Waals surface area contributed by atoms with Gasteiger partial charge in [-0.1, -0.05) is 0 Å². The molecule has 32 heavy (non-hydrogen) atoms. The number of anilines is 4. The molecule has 1 fully saturated rings. The summed E-state index contributed by atoms with van der Waals surface area (Å²) in [5.74, 6) is 1.56. The Kier molecular flexibility index (Phi) is 4.57. The van der Waals surface area contributed by atoms with E-state index in [0.717, 1.165) is 59.2 Å². The molecule has 0 unspecified atom stereocenters. The van der Waals surface area contributed by atoms with E-state index >= 15 is 0 Å². The number of fused-ring (bicyclic) bond motifs is 2. The van der Waals surface area contributed by atoms with Crippen LogP contribution in [0.25, 0.3) is 16.9 Å². The van der Waals surface area contributed by atoms with E-state index in [1.165, 1.54) is 0 Å². The molecule has 162 valence electrons. The summed E-state index contributed by atoms with van der Waals surface area (Å²) in [6, 6.07) is 14.3. The number of benzene rings is 2. The average molecular weight is 428 g/mol. The van der Waals surface area contributed by atoms with Crippen LogP contribution < -0.4 is 20.3 Å². The van der Waals surface area contributed by atoms with Crippen molar-refractivity contribution in [2.24, 2.45) is 0 Å². The minimum atomic E-state index is -0.237. The number of rotatable bonds is 4. The van der Waals surface area contributed by atoms with Crippen molar-refractivity contribution in [3.05, 3.63) is 61.1 Å². The van der Waals surface area contributed by atoms with E-state index in [0.29, 0.717) is 19.0 Å². The van der Waals surface area contributed by atoms with Crippen LogP contribution >= 0.6 is 0 Å². The van der Waals surface area contributed by atoms with Gasteiger partial charge >= 0.3 is 0 Å². The zero-order valence-corrected chi connectivity index (χ0v) is 17.5. The molecule has 8 heteroatoms. The smallest absolute Gasteiger partial charge is 0.180 e. The largest absolute Gasteiger partial charge is 0.490 e. The monoisotopic (exact) mass is 428 g/mol. The zero-order chi connectivity index (χ0) is 21.5. The molecular formula is C24H24N6O2. The van der Waals surface area contributed by atoms with Gasteiger partial charge in [0.15, 0.2) is 11.5 Å². The molecule has 4 aromatic rings. The Bertz CT molecular complexity index is 1270. The van der Waals surface area contributed by atoms with E-state index in [9.17, 15) is 5.11 Å². The maximum Gasteiger partial charge on any atom is 0.180 e. The molecule has 0 aliphatic carbocycles. The van der Waals surface area contributed by atoms with Crippen LogP contribution in [-0.2, 0) is 0 Å². The Labute approximate surface area is 185 Å². The quantitative estimate of drug-likeness (QED) is 0.458. The fourth-order valence-electron chi connectivity index (χ4n) is 4.32. The molecule has 0 amide bonds. The number of imidazole rings is 1. The normalized spacial score (nSPS) is 17.7. The van der Waals surface area contributed by atoms with Crippen molar-refractivity contribution < 1.29 is 9.84 Å². The van der Waals surface area contributed by atoms with Crippen LogP contribution in [0.2, 0.25) is 0 Å². The summed E-state index contributed by atoms with van der Waals surface area (Å²) in [6.45, 7) is 3.04. The van der Waals surface area contributed by atoms with E-state index < -0.39 is 0 Å².